The zero-order valence-electron chi connectivity index (χ0n) is 13.7. The number of aliphatic hydroxyl groups excluding tert-OH is 2. The predicted octanol–water partition coefficient (Wildman–Crippen LogP) is -0.704. The minimum atomic E-state index is -0.883. The van der Waals surface area contributed by atoms with Gasteiger partial charge in [0.2, 0.25) is 5.95 Å². The molecule has 1 aliphatic heterocycles. The first-order valence-electron chi connectivity index (χ1n) is 7.94. The highest BCUT2D eigenvalue weighted by Crippen LogP contribution is 2.26. The molecule has 1 aromatic carbocycles. The van der Waals surface area contributed by atoms with E-state index in [2.05, 4.69) is 15.3 Å². The summed E-state index contributed by atoms with van der Waals surface area (Å²) in [6, 6.07) is 8.80. The Hall–Kier alpha value is -2.82. The van der Waals surface area contributed by atoms with Crippen molar-refractivity contribution in [3.8, 4) is 5.75 Å². The number of aromatic nitrogens is 3. The van der Waals surface area contributed by atoms with Crippen molar-refractivity contribution >= 4 is 11.9 Å². The third-order valence-electron chi connectivity index (χ3n) is 3.79. The van der Waals surface area contributed by atoms with Gasteiger partial charge in [0.05, 0.1) is 12.7 Å². The third kappa shape index (κ3) is 4.23. The second-order valence-electron chi connectivity index (χ2n) is 5.63. The molecular formula is C16H18N4O6. The van der Waals surface area contributed by atoms with Crippen LogP contribution in [0.3, 0.4) is 0 Å². The molecule has 3 unspecified atom stereocenters. The van der Waals surface area contributed by atoms with Crippen molar-refractivity contribution in [2.75, 3.05) is 18.5 Å². The average Bonchev–Trinajstić information content (AvgIpc) is 3.01. The molecule has 0 bridgehead atoms. The number of ether oxygens (including phenoxy) is 2. The summed E-state index contributed by atoms with van der Waals surface area (Å²) in [6.07, 6.45) is -1.13. The molecule has 2 heterocycles. The highest BCUT2D eigenvalue weighted by molar-refractivity contribution is 5.90. The van der Waals surface area contributed by atoms with Gasteiger partial charge in [-0.3, -0.25) is 14.7 Å². The van der Waals surface area contributed by atoms with E-state index < -0.39 is 30.0 Å². The van der Waals surface area contributed by atoms with E-state index >= 15 is 0 Å². The molecule has 138 valence electrons. The maximum atomic E-state index is 12.1. The van der Waals surface area contributed by atoms with Gasteiger partial charge in [-0.15, -0.1) is 0 Å². The number of anilines is 1. The molecule has 0 saturated carbocycles. The van der Waals surface area contributed by atoms with Crippen LogP contribution in [0, 0.1) is 0 Å². The third-order valence-corrected chi connectivity index (χ3v) is 3.79. The summed E-state index contributed by atoms with van der Waals surface area (Å²) in [6.45, 7) is -0.616. The summed E-state index contributed by atoms with van der Waals surface area (Å²) in [4.78, 5) is 31.5. The topological polar surface area (TPSA) is 136 Å². The van der Waals surface area contributed by atoms with Gasteiger partial charge in [0.15, 0.2) is 6.61 Å². The Labute approximate surface area is 148 Å². The first-order valence-corrected chi connectivity index (χ1v) is 7.94. The fourth-order valence-electron chi connectivity index (χ4n) is 2.48. The monoisotopic (exact) mass is 362 g/mol. The van der Waals surface area contributed by atoms with Crippen LogP contribution in [-0.4, -0.2) is 56.1 Å². The molecular weight excluding hydrogens is 344 g/mol. The van der Waals surface area contributed by atoms with Crippen molar-refractivity contribution in [2.24, 2.45) is 0 Å². The van der Waals surface area contributed by atoms with Gasteiger partial charge >= 0.3 is 5.69 Å². The molecule has 0 spiro atoms. The number of carbonyl (C=O) groups is 1. The molecule has 0 radical (unpaired) electrons. The van der Waals surface area contributed by atoms with Crippen LogP contribution >= 0.6 is 0 Å². The van der Waals surface area contributed by atoms with Crippen molar-refractivity contribution in [1.82, 2.24) is 14.5 Å². The van der Waals surface area contributed by atoms with Gasteiger partial charge in [0, 0.05) is 6.42 Å². The molecule has 10 nitrogen and oxygen atoms in total. The summed E-state index contributed by atoms with van der Waals surface area (Å²) in [7, 11) is 0. The Bertz CT molecular complexity index is 812. The molecule has 0 aliphatic carbocycles. The predicted molar refractivity (Wildman–Crippen MR) is 88.5 cm³/mol. The van der Waals surface area contributed by atoms with E-state index in [-0.39, 0.29) is 25.6 Å². The van der Waals surface area contributed by atoms with Crippen molar-refractivity contribution in [1.29, 1.82) is 0 Å². The van der Waals surface area contributed by atoms with E-state index in [1.807, 2.05) is 6.07 Å². The second kappa shape index (κ2) is 8.04. The fraction of sp³-hybridized carbons (Fsp3) is 0.375. The largest absolute Gasteiger partial charge is 0.484 e. The fourth-order valence-corrected chi connectivity index (χ4v) is 2.48. The van der Waals surface area contributed by atoms with E-state index in [9.17, 15) is 14.7 Å². The normalized spacial score (nSPS) is 22.2. The lowest BCUT2D eigenvalue weighted by atomic mass is 10.2. The first-order chi connectivity index (χ1) is 12.6. The Morgan fingerprint density at radius 2 is 2.15 bits per heavy atom. The van der Waals surface area contributed by atoms with Crippen LogP contribution < -0.4 is 15.7 Å². The van der Waals surface area contributed by atoms with Crippen molar-refractivity contribution < 1.29 is 24.5 Å². The number of aliphatic hydroxyl groups is 2. The van der Waals surface area contributed by atoms with Gasteiger partial charge in [-0.05, 0) is 12.1 Å². The lowest BCUT2D eigenvalue weighted by Gasteiger charge is -2.14. The van der Waals surface area contributed by atoms with E-state index in [4.69, 9.17) is 14.6 Å². The molecule has 3 rings (SSSR count). The molecule has 3 atom stereocenters. The minimum Gasteiger partial charge on any atom is -0.484 e. The first kappa shape index (κ1) is 18.0. The van der Waals surface area contributed by atoms with E-state index in [1.165, 1.54) is 6.33 Å². The maximum absolute atomic E-state index is 12.1. The van der Waals surface area contributed by atoms with Gasteiger partial charge in [0.1, 0.15) is 24.4 Å². The van der Waals surface area contributed by atoms with Crippen LogP contribution in [-0.2, 0) is 9.53 Å². The van der Waals surface area contributed by atoms with Gasteiger partial charge in [0.25, 0.3) is 5.91 Å². The molecule has 10 heteroatoms. The molecule has 1 fully saturated rings. The van der Waals surface area contributed by atoms with Crippen LogP contribution in [0.2, 0.25) is 0 Å². The number of hydrogen-bond donors (Lipinski definition) is 3. The van der Waals surface area contributed by atoms with Gasteiger partial charge in [-0.25, -0.2) is 9.78 Å². The number of amides is 1. The molecule has 3 N–H and O–H groups in total. The van der Waals surface area contributed by atoms with Crippen molar-refractivity contribution in [3.63, 3.8) is 0 Å². The van der Waals surface area contributed by atoms with Crippen molar-refractivity contribution in [3.05, 3.63) is 47.1 Å². The number of nitrogens with one attached hydrogen (secondary N) is 1. The smallest absolute Gasteiger partial charge is 0.354 e. The Morgan fingerprint density at radius 3 is 2.81 bits per heavy atom. The molecule has 1 saturated heterocycles. The summed E-state index contributed by atoms with van der Waals surface area (Å²) in [5.41, 5.74) is -0.699. The molecule has 1 aliphatic rings. The van der Waals surface area contributed by atoms with Gasteiger partial charge in [-0.1, -0.05) is 18.2 Å². The number of para-hydroxylation sites is 1. The minimum absolute atomic E-state index is 0.130. The Morgan fingerprint density at radius 1 is 1.38 bits per heavy atom. The van der Waals surface area contributed by atoms with Crippen LogP contribution in [0.4, 0.5) is 5.95 Å². The molecule has 1 amide bonds. The standard InChI is InChI=1S/C16H18N4O6/c21-7-12-11(22)6-14(26-12)20-9-17-15(19-16(20)24)18-13(23)8-25-10-4-2-1-3-5-10/h1-5,9,11-12,14,21-22H,6-8H2,(H,18,19,23,24). The van der Waals surface area contributed by atoms with Gasteiger partial charge in [-0.2, -0.15) is 4.98 Å². The molecule has 26 heavy (non-hydrogen) atoms. The lowest BCUT2D eigenvalue weighted by molar-refractivity contribution is -0.118. The summed E-state index contributed by atoms with van der Waals surface area (Å²) in [5, 5.41) is 21.2. The van der Waals surface area contributed by atoms with Crippen molar-refractivity contribution in [2.45, 2.75) is 24.9 Å². The SMILES string of the molecule is O=C(COc1ccccc1)Nc1ncn(C2CC(O)C(CO)O2)c(=O)n1. The zero-order chi connectivity index (χ0) is 18.5. The van der Waals surface area contributed by atoms with E-state index in [1.54, 1.807) is 24.3 Å². The lowest BCUT2D eigenvalue weighted by Crippen LogP contribution is -2.30. The Kier molecular flexibility index (Phi) is 5.56. The summed E-state index contributed by atoms with van der Waals surface area (Å²) < 4.78 is 11.8. The van der Waals surface area contributed by atoms with Gasteiger partial charge < -0.3 is 19.7 Å². The maximum Gasteiger partial charge on any atom is 0.354 e. The number of carbonyl (C=O) groups excluding carboxylic acids is 1. The Balaban J connectivity index is 1.59. The second-order valence-corrected chi connectivity index (χ2v) is 5.63. The summed E-state index contributed by atoms with van der Waals surface area (Å²) >= 11 is 0. The van der Waals surface area contributed by atoms with E-state index in [0.29, 0.717) is 5.75 Å². The van der Waals surface area contributed by atoms with E-state index in [0.717, 1.165) is 4.57 Å². The quantitative estimate of drug-likeness (QED) is 0.614. The van der Waals surface area contributed by atoms with Crippen LogP contribution in [0.1, 0.15) is 12.6 Å². The van der Waals surface area contributed by atoms with Crippen LogP contribution in [0.25, 0.3) is 0 Å². The average molecular weight is 362 g/mol. The number of hydrogen-bond acceptors (Lipinski definition) is 8. The number of rotatable bonds is 6. The zero-order valence-corrected chi connectivity index (χ0v) is 13.7. The highest BCUT2D eigenvalue weighted by atomic mass is 16.5. The highest BCUT2D eigenvalue weighted by Gasteiger charge is 2.35. The number of benzene rings is 1. The summed E-state index contributed by atoms with van der Waals surface area (Å²) in [5.74, 6) is -0.140. The number of nitrogens with zero attached hydrogens (tertiary/aromatic N) is 3. The molecule has 1 aromatic heterocycles. The molecule has 2 aromatic rings. The van der Waals surface area contributed by atoms with Crippen LogP contribution in [0.5, 0.6) is 5.75 Å². The van der Waals surface area contributed by atoms with Crippen LogP contribution in [0.15, 0.2) is 41.5 Å².